The van der Waals surface area contributed by atoms with Crippen molar-refractivity contribution in [2.75, 3.05) is 0 Å². The molecule has 0 bridgehead atoms. The number of carbonyl (C=O) groups excluding carboxylic acids is 1. The number of rotatable bonds is 3. The third-order valence-corrected chi connectivity index (χ3v) is 3.28. The molecule has 1 amide bonds. The van der Waals surface area contributed by atoms with Crippen molar-refractivity contribution in [3.8, 4) is 17.4 Å². The van der Waals surface area contributed by atoms with E-state index in [9.17, 15) is 9.90 Å². The van der Waals surface area contributed by atoms with E-state index in [1.807, 2.05) is 13.8 Å². The van der Waals surface area contributed by atoms with Gasteiger partial charge in [-0.15, -0.1) is 0 Å². The Morgan fingerprint density at radius 1 is 1.45 bits per heavy atom. The molecular formula is C13H14ClN3O3. The van der Waals surface area contributed by atoms with Crippen LogP contribution in [-0.4, -0.2) is 20.8 Å². The maximum Gasteiger partial charge on any atom is 0.252 e. The number of halogens is 1. The number of phenols is 1. The largest absolute Gasteiger partial charge is 0.507 e. The first-order valence-electron chi connectivity index (χ1n) is 5.81. The van der Waals surface area contributed by atoms with Gasteiger partial charge in [0.1, 0.15) is 5.75 Å². The van der Waals surface area contributed by atoms with Crippen LogP contribution in [0.3, 0.4) is 0 Å². The molecule has 1 aromatic carbocycles. The second kappa shape index (κ2) is 5.05. The van der Waals surface area contributed by atoms with Gasteiger partial charge in [0.05, 0.1) is 16.3 Å². The zero-order chi connectivity index (χ0) is 15.0. The van der Waals surface area contributed by atoms with Crippen LogP contribution in [0, 0.1) is 13.8 Å². The Morgan fingerprint density at radius 2 is 2.10 bits per heavy atom. The first-order valence-corrected chi connectivity index (χ1v) is 6.19. The Bertz CT molecular complexity index is 695. The third-order valence-electron chi connectivity index (χ3n) is 2.98. The number of aromatic hydroxyl groups is 1. The number of aryl methyl sites for hydroxylation is 2. The number of primary amides is 1. The van der Waals surface area contributed by atoms with E-state index in [2.05, 4.69) is 5.10 Å². The SMILES string of the molecule is Cc1nn(C)c(Oc2cc(O)c(C(N)=O)cc2Cl)c1C. The van der Waals surface area contributed by atoms with Gasteiger partial charge in [0, 0.05) is 18.7 Å². The normalized spacial score (nSPS) is 10.6. The van der Waals surface area contributed by atoms with Crippen LogP contribution >= 0.6 is 11.6 Å². The molecule has 0 saturated heterocycles. The van der Waals surface area contributed by atoms with Gasteiger partial charge in [-0.25, -0.2) is 4.68 Å². The Labute approximate surface area is 120 Å². The number of carbonyl (C=O) groups is 1. The highest BCUT2D eigenvalue weighted by Crippen LogP contribution is 2.36. The summed E-state index contributed by atoms with van der Waals surface area (Å²) < 4.78 is 7.23. The van der Waals surface area contributed by atoms with E-state index in [0.717, 1.165) is 11.3 Å². The van der Waals surface area contributed by atoms with Crippen LogP contribution in [0.4, 0.5) is 0 Å². The van der Waals surface area contributed by atoms with Crippen LogP contribution in [-0.2, 0) is 7.05 Å². The molecular weight excluding hydrogens is 282 g/mol. The average Bonchev–Trinajstić information content (AvgIpc) is 2.59. The van der Waals surface area contributed by atoms with Gasteiger partial charge >= 0.3 is 0 Å². The predicted molar refractivity (Wildman–Crippen MR) is 74.4 cm³/mol. The van der Waals surface area contributed by atoms with Gasteiger partial charge in [-0.3, -0.25) is 4.79 Å². The van der Waals surface area contributed by atoms with Gasteiger partial charge < -0.3 is 15.6 Å². The first-order chi connectivity index (χ1) is 9.31. The van der Waals surface area contributed by atoms with Crippen LogP contribution in [0.5, 0.6) is 17.4 Å². The number of ether oxygens (including phenoxy) is 1. The molecule has 2 rings (SSSR count). The number of nitrogens with zero attached hydrogens (tertiary/aromatic N) is 2. The van der Waals surface area contributed by atoms with Crippen molar-refractivity contribution in [1.82, 2.24) is 9.78 Å². The topological polar surface area (TPSA) is 90.4 Å². The van der Waals surface area contributed by atoms with Crippen molar-refractivity contribution in [1.29, 1.82) is 0 Å². The minimum Gasteiger partial charge on any atom is -0.507 e. The van der Waals surface area contributed by atoms with Crippen LogP contribution in [0.1, 0.15) is 21.6 Å². The van der Waals surface area contributed by atoms with Gasteiger partial charge in [0.2, 0.25) is 5.88 Å². The molecule has 0 radical (unpaired) electrons. The summed E-state index contributed by atoms with van der Waals surface area (Å²) in [6, 6.07) is 2.53. The van der Waals surface area contributed by atoms with E-state index < -0.39 is 5.91 Å². The van der Waals surface area contributed by atoms with E-state index >= 15 is 0 Å². The summed E-state index contributed by atoms with van der Waals surface area (Å²) in [4.78, 5) is 11.1. The molecule has 7 heteroatoms. The number of amides is 1. The molecule has 3 N–H and O–H groups in total. The van der Waals surface area contributed by atoms with Crippen LogP contribution in [0.2, 0.25) is 5.02 Å². The fourth-order valence-corrected chi connectivity index (χ4v) is 2.01. The highest BCUT2D eigenvalue weighted by atomic mass is 35.5. The van der Waals surface area contributed by atoms with E-state index in [1.165, 1.54) is 12.1 Å². The van der Waals surface area contributed by atoms with Crippen molar-refractivity contribution >= 4 is 17.5 Å². The van der Waals surface area contributed by atoms with E-state index in [-0.39, 0.29) is 22.1 Å². The van der Waals surface area contributed by atoms with Crippen molar-refractivity contribution in [2.24, 2.45) is 12.8 Å². The van der Waals surface area contributed by atoms with Crippen molar-refractivity contribution in [2.45, 2.75) is 13.8 Å². The van der Waals surface area contributed by atoms with Gasteiger partial charge in [-0.2, -0.15) is 5.10 Å². The predicted octanol–water partition coefficient (Wildman–Crippen LogP) is 2.29. The molecule has 106 valence electrons. The minimum absolute atomic E-state index is 0.0553. The van der Waals surface area contributed by atoms with Crippen LogP contribution in [0.15, 0.2) is 12.1 Å². The first kappa shape index (κ1) is 14.2. The summed E-state index contributed by atoms with van der Waals surface area (Å²) in [5.74, 6) is -0.312. The Hall–Kier alpha value is -2.21. The molecule has 2 aromatic rings. The number of benzene rings is 1. The summed E-state index contributed by atoms with van der Waals surface area (Å²) in [5.41, 5.74) is 6.76. The molecule has 0 unspecified atom stereocenters. The van der Waals surface area contributed by atoms with Gasteiger partial charge in [0.25, 0.3) is 5.91 Å². The lowest BCUT2D eigenvalue weighted by molar-refractivity contribution is 0.0997. The summed E-state index contributed by atoms with van der Waals surface area (Å²) in [6.07, 6.45) is 0. The molecule has 1 heterocycles. The van der Waals surface area contributed by atoms with Crippen molar-refractivity contribution in [3.63, 3.8) is 0 Å². The molecule has 0 fully saturated rings. The second-order valence-electron chi connectivity index (χ2n) is 4.41. The molecule has 1 aromatic heterocycles. The van der Waals surface area contributed by atoms with Crippen molar-refractivity contribution < 1.29 is 14.6 Å². The maximum atomic E-state index is 11.1. The summed E-state index contributed by atoms with van der Waals surface area (Å²) >= 11 is 6.03. The number of nitrogens with two attached hydrogens (primary N) is 1. The lowest BCUT2D eigenvalue weighted by atomic mass is 10.2. The summed E-state index contributed by atoms with van der Waals surface area (Å²) in [6.45, 7) is 3.72. The summed E-state index contributed by atoms with van der Waals surface area (Å²) in [5, 5.41) is 14.1. The van der Waals surface area contributed by atoms with Crippen molar-refractivity contribution in [3.05, 3.63) is 34.0 Å². The zero-order valence-electron chi connectivity index (χ0n) is 11.3. The molecule has 0 spiro atoms. The molecule has 0 aliphatic carbocycles. The monoisotopic (exact) mass is 295 g/mol. The third kappa shape index (κ3) is 2.42. The van der Waals surface area contributed by atoms with Crippen LogP contribution < -0.4 is 10.5 Å². The lowest BCUT2D eigenvalue weighted by Crippen LogP contribution is -2.11. The smallest absolute Gasteiger partial charge is 0.252 e. The standard InChI is InChI=1S/C13H14ClN3O3/c1-6-7(2)16-17(3)13(6)20-11-5-10(18)8(12(15)19)4-9(11)14/h4-5,18H,1-3H3,(H2,15,19). The highest BCUT2D eigenvalue weighted by Gasteiger charge is 2.17. The fourth-order valence-electron chi connectivity index (χ4n) is 1.81. The molecule has 20 heavy (non-hydrogen) atoms. The Kier molecular flexibility index (Phi) is 3.59. The fraction of sp³-hybridized carbons (Fsp3) is 0.231. The Morgan fingerprint density at radius 3 is 2.60 bits per heavy atom. The van der Waals surface area contributed by atoms with E-state index in [1.54, 1.807) is 11.7 Å². The maximum absolute atomic E-state index is 11.1. The Balaban J connectivity index is 2.44. The molecule has 0 atom stereocenters. The summed E-state index contributed by atoms with van der Waals surface area (Å²) in [7, 11) is 1.74. The van der Waals surface area contributed by atoms with Gasteiger partial charge in [-0.05, 0) is 19.9 Å². The zero-order valence-corrected chi connectivity index (χ0v) is 12.0. The highest BCUT2D eigenvalue weighted by molar-refractivity contribution is 6.32. The lowest BCUT2D eigenvalue weighted by Gasteiger charge is -2.10. The number of aromatic nitrogens is 2. The minimum atomic E-state index is -0.761. The van der Waals surface area contributed by atoms with E-state index in [0.29, 0.717) is 5.88 Å². The van der Waals surface area contributed by atoms with E-state index in [4.69, 9.17) is 22.1 Å². The van der Waals surface area contributed by atoms with Crippen LogP contribution in [0.25, 0.3) is 0 Å². The van der Waals surface area contributed by atoms with Gasteiger partial charge in [-0.1, -0.05) is 11.6 Å². The number of hydrogen-bond donors (Lipinski definition) is 2. The average molecular weight is 296 g/mol. The molecule has 0 aliphatic rings. The van der Waals surface area contributed by atoms with Gasteiger partial charge in [0.15, 0.2) is 5.75 Å². The molecule has 6 nitrogen and oxygen atoms in total. The quantitative estimate of drug-likeness (QED) is 0.909. The number of hydrogen-bond acceptors (Lipinski definition) is 4. The molecule has 0 saturated carbocycles. The second-order valence-corrected chi connectivity index (χ2v) is 4.81. The molecule has 0 aliphatic heterocycles.